The van der Waals surface area contributed by atoms with Gasteiger partial charge in [-0.3, -0.25) is 0 Å². The van der Waals surface area contributed by atoms with Crippen molar-refractivity contribution in [3.63, 3.8) is 0 Å². The number of allylic oxidation sites excluding steroid dienone is 1. The first-order valence-electron chi connectivity index (χ1n) is 5.19. The molecule has 1 aromatic rings. The van der Waals surface area contributed by atoms with Crippen molar-refractivity contribution in [2.75, 3.05) is 14.2 Å². The summed E-state index contributed by atoms with van der Waals surface area (Å²) in [5.41, 5.74) is 0.805. The molecule has 0 spiro atoms. The lowest BCUT2D eigenvalue weighted by Gasteiger charge is -2.03. The second-order valence-electron chi connectivity index (χ2n) is 3.43. The van der Waals surface area contributed by atoms with Crippen LogP contribution in [0.5, 0.6) is 0 Å². The van der Waals surface area contributed by atoms with E-state index < -0.39 is 11.9 Å². The van der Waals surface area contributed by atoms with Gasteiger partial charge in [-0.15, -0.1) is 0 Å². The molecule has 0 aliphatic rings. The minimum Gasteiger partial charge on any atom is -0.465 e. The number of rotatable bonds is 4. The Balaban J connectivity index is 2.86. The van der Waals surface area contributed by atoms with Gasteiger partial charge in [-0.2, -0.15) is 0 Å². The van der Waals surface area contributed by atoms with Gasteiger partial charge in [0.25, 0.3) is 0 Å². The molecule has 0 saturated heterocycles. The van der Waals surface area contributed by atoms with Crippen LogP contribution in [0.15, 0.2) is 35.9 Å². The van der Waals surface area contributed by atoms with E-state index in [1.54, 1.807) is 12.1 Å². The lowest BCUT2D eigenvalue weighted by molar-refractivity contribution is -0.144. The van der Waals surface area contributed by atoms with Gasteiger partial charge in [-0.1, -0.05) is 29.8 Å². The fourth-order valence-corrected chi connectivity index (χ4v) is 1.44. The summed E-state index contributed by atoms with van der Waals surface area (Å²) in [7, 11) is 2.42. The monoisotopic (exact) mass is 268 g/mol. The quantitative estimate of drug-likeness (QED) is 0.363. The van der Waals surface area contributed by atoms with E-state index in [-0.39, 0.29) is 5.57 Å². The van der Waals surface area contributed by atoms with E-state index in [0.717, 1.165) is 5.56 Å². The van der Waals surface area contributed by atoms with E-state index in [1.807, 2.05) is 12.1 Å². The second kappa shape index (κ2) is 6.81. The van der Waals surface area contributed by atoms with Crippen molar-refractivity contribution in [1.82, 2.24) is 0 Å². The van der Waals surface area contributed by atoms with Crippen molar-refractivity contribution in [1.29, 1.82) is 0 Å². The van der Waals surface area contributed by atoms with Crippen LogP contribution in [0.1, 0.15) is 5.56 Å². The molecule has 0 aliphatic heterocycles. The van der Waals surface area contributed by atoms with E-state index in [9.17, 15) is 9.59 Å². The molecule has 1 rings (SSSR count). The number of carbonyl (C=O) groups is 2. The molecular formula is C13H13ClO4. The Morgan fingerprint density at radius 3 is 2.06 bits per heavy atom. The summed E-state index contributed by atoms with van der Waals surface area (Å²) < 4.78 is 9.03. The highest BCUT2D eigenvalue weighted by Crippen LogP contribution is 2.11. The summed E-state index contributed by atoms with van der Waals surface area (Å²) in [6.45, 7) is 0. The average Bonchev–Trinajstić information content (AvgIpc) is 2.40. The number of methoxy groups -OCH3 is 2. The van der Waals surface area contributed by atoms with Crippen LogP contribution >= 0.6 is 11.6 Å². The van der Waals surface area contributed by atoms with Crippen molar-refractivity contribution in [3.05, 3.63) is 46.5 Å². The molecule has 5 heteroatoms. The van der Waals surface area contributed by atoms with Crippen molar-refractivity contribution in [3.8, 4) is 0 Å². The maximum absolute atomic E-state index is 11.4. The summed E-state index contributed by atoms with van der Waals surface area (Å²) in [6.07, 6.45) is 1.89. The van der Waals surface area contributed by atoms with Gasteiger partial charge in [0.05, 0.1) is 14.2 Å². The molecule has 0 aromatic heterocycles. The van der Waals surface area contributed by atoms with Gasteiger partial charge < -0.3 is 9.47 Å². The smallest absolute Gasteiger partial charge is 0.344 e. The van der Waals surface area contributed by atoms with Gasteiger partial charge in [-0.05, 0) is 24.1 Å². The van der Waals surface area contributed by atoms with Crippen LogP contribution in [0.2, 0.25) is 5.02 Å². The van der Waals surface area contributed by atoms with Crippen LogP contribution < -0.4 is 0 Å². The minimum atomic E-state index is -0.712. The van der Waals surface area contributed by atoms with E-state index in [4.69, 9.17) is 11.6 Å². The van der Waals surface area contributed by atoms with Gasteiger partial charge in [0, 0.05) is 5.02 Å². The molecule has 0 aliphatic carbocycles. The first-order valence-corrected chi connectivity index (χ1v) is 5.57. The molecular weight excluding hydrogens is 256 g/mol. The number of halogens is 1. The van der Waals surface area contributed by atoms with Gasteiger partial charge in [-0.25, -0.2) is 9.59 Å². The van der Waals surface area contributed by atoms with E-state index in [1.165, 1.54) is 20.3 Å². The summed E-state index contributed by atoms with van der Waals surface area (Å²) in [5.74, 6) is -1.42. The zero-order valence-electron chi connectivity index (χ0n) is 10.1. The lowest BCUT2D eigenvalue weighted by atomic mass is 10.1. The molecule has 18 heavy (non-hydrogen) atoms. The Labute approximate surface area is 110 Å². The number of carbonyl (C=O) groups excluding carboxylic acids is 2. The Kier molecular flexibility index (Phi) is 5.39. The molecule has 0 N–H and O–H groups in total. The molecule has 0 saturated carbocycles. The molecule has 1 aromatic carbocycles. The van der Waals surface area contributed by atoms with Crippen LogP contribution in [-0.2, 0) is 25.5 Å². The number of esters is 2. The Hall–Kier alpha value is -1.81. The number of hydrogen-bond donors (Lipinski definition) is 0. The van der Waals surface area contributed by atoms with Gasteiger partial charge >= 0.3 is 11.9 Å². The Morgan fingerprint density at radius 1 is 1.11 bits per heavy atom. The summed E-state index contributed by atoms with van der Waals surface area (Å²) in [6, 6.07) is 7.09. The maximum atomic E-state index is 11.4. The normalized spacial score (nSPS) is 9.50. The fraction of sp³-hybridized carbons (Fsp3) is 0.231. The number of benzene rings is 1. The van der Waals surface area contributed by atoms with Crippen LogP contribution in [0.4, 0.5) is 0 Å². The number of ether oxygens (including phenoxy) is 2. The minimum absolute atomic E-state index is 0.116. The van der Waals surface area contributed by atoms with Crippen molar-refractivity contribution in [2.45, 2.75) is 6.42 Å². The Morgan fingerprint density at radius 2 is 1.61 bits per heavy atom. The summed E-state index contributed by atoms with van der Waals surface area (Å²) >= 11 is 5.76. The molecule has 4 nitrogen and oxygen atoms in total. The van der Waals surface area contributed by atoms with Crippen LogP contribution in [0.25, 0.3) is 0 Å². The third-order valence-electron chi connectivity index (χ3n) is 2.27. The van der Waals surface area contributed by atoms with Crippen molar-refractivity contribution in [2.24, 2.45) is 0 Å². The highest BCUT2D eigenvalue weighted by Gasteiger charge is 2.18. The highest BCUT2D eigenvalue weighted by atomic mass is 35.5. The SMILES string of the molecule is COC(=O)C(=CCc1ccc(Cl)cc1)C(=O)OC. The lowest BCUT2D eigenvalue weighted by Crippen LogP contribution is -2.16. The first kappa shape index (κ1) is 14.3. The molecule has 0 atom stereocenters. The largest absolute Gasteiger partial charge is 0.465 e. The highest BCUT2D eigenvalue weighted by molar-refractivity contribution is 6.30. The van der Waals surface area contributed by atoms with Gasteiger partial charge in [0.2, 0.25) is 0 Å². The third-order valence-corrected chi connectivity index (χ3v) is 2.52. The maximum Gasteiger partial charge on any atom is 0.344 e. The molecule has 0 bridgehead atoms. The zero-order valence-corrected chi connectivity index (χ0v) is 10.9. The van der Waals surface area contributed by atoms with E-state index in [0.29, 0.717) is 11.4 Å². The van der Waals surface area contributed by atoms with Crippen molar-refractivity contribution >= 4 is 23.5 Å². The molecule has 0 heterocycles. The van der Waals surface area contributed by atoms with E-state index in [2.05, 4.69) is 9.47 Å². The average molecular weight is 269 g/mol. The van der Waals surface area contributed by atoms with E-state index >= 15 is 0 Å². The molecule has 0 radical (unpaired) electrons. The zero-order chi connectivity index (χ0) is 13.5. The summed E-state index contributed by atoms with van der Waals surface area (Å²) in [5, 5.41) is 0.629. The van der Waals surface area contributed by atoms with Gasteiger partial charge in [0.1, 0.15) is 5.57 Å². The molecule has 0 amide bonds. The predicted molar refractivity (Wildman–Crippen MR) is 67.3 cm³/mol. The molecule has 96 valence electrons. The first-order chi connectivity index (χ1) is 8.58. The standard InChI is InChI=1S/C13H13ClO4/c1-17-12(15)11(13(16)18-2)8-5-9-3-6-10(14)7-4-9/h3-4,6-8H,5H2,1-2H3. The van der Waals surface area contributed by atoms with Crippen LogP contribution in [0, 0.1) is 0 Å². The fourth-order valence-electron chi connectivity index (χ4n) is 1.31. The van der Waals surface area contributed by atoms with Crippen molar-refractivity contribution < 1.29 is 19.1 Å². The number of hydrogen-bond acceptors (Lipinski definition) is 4. The topological polar surface area (TPSA) is 52.6 Å². The van der Waals surface area contributed by atoms with Crippen LogP contribution in [0.3, 0.4) is 0 Å². The predicted octanol–water partition coefficient (Wildman–Crippen LogP) is 2.15. The van der Waals surface area contributed by atoms with Gasteiger partial charge in [0.15, 0.2) is 0 Å². The Bertz CT molecular complexity index is 444. The third kappa shape index (κ3) is 3.89. The molecule has 0 fully saturated rings. The second-order valence-corrected chi connectivity index (χ2v) is 3.87. The summed E-state index contributed by atoms with van der Waals surface area (Å²) in [4.78, 5) is 22.8. The van der Waals surface area contributed by atoms with Crippen LogP contribution in [-0.4, -0.2) is 26.2 Å². The molecule has 0 unspecified atom stereocenters.